The van der Waals surface area contributed by atoms with Crippen LogP contribution in [0.1, 0.15) is 29.6 Å². The van der Waals surface area contributed by atoms with Crippen LogP contribution in [0.15, 0.2) is 18.2 Å². The number of carbonyl (C=O) groups excluding carboxylic acids is 1. The highest BCUT2D eigenvalue weighted by Gasteiger charge is 2.49. The molecule has 1 amide bonds. The first-order valence-electron chi connectivity index (χ1n) is 7.05. The Morgan fingerprint density at radius 2 is 1.95 bits per heavy atom. The minimum atomic E-state index is -1.00. The average Bonchev–Trinajstić information content (AvgIpc) is 3.00. The second kappa shape index (κ2) is 4.95. The van der Waals surface area contributed by atoms with E-state index in [9.17, 15) is 24.9 Å². The molecule has 1 aliphatic carbocycles. The molecular formula is C15H17NO5. The number of nitrogens with zero attached hydrogens (tertiary/aromatic N) is 1. The van der Waals surface area contributed by atoms with Crippen molar-refractivity contribution >= 4 is 11.9 Å². The second-order valence-electron chi connectivity index (χ2n) is 5.80. The highest BCUT2D eigenvalue weighted by Crippen LogP contribution is 2.43. The lowest BCUT2D eigenvalue weighted by Gasteiger charge is -2.24. The number of phenolic OH excluding ortho intramolecular Hbond substituents is 2. The van der Waals surface area contributed by atoms with Crippen LogP contribution in [0.3, 0.4) is 0 Å². The molecule has 2 aliphatic rings. The van der Waals surface area contributed by atoms with Gasteiger partial charge in [0.25, 0.3) is 5.91 Å². The van der Waals surface area contributed by atoms with Gasteiger partial charge in [-0.15, -0.1) is 0 Å². The summed E-state index contributed by atoms with van der Waals surface area (Å²) in [6, 6.07) is 2.84. The Kier molecular flexibility index (Phi) is 3.23. The zero-order chi connectivity index (χ0) is 15.1. The van der Waals surface area contributed by atoms with Crippen molar-refractivity contribution in [3.8, 4) is 11.5 Å². The van der Waals surface area contributed by atoms with Crippen LogP contribution in [-0.4, -0.2) is 44.7 Å². The van der Waals surface area contributed by atoms with Crippen molar-refractivity contribution in [3.05, 3.63) is 23.8 Å². The molecule has 0 bridgehead atoms. The van der Waals surface area contributed by atoms with Crippen LogP contribution in [-0.2, 0) is 4.79 Å². The lowest BCUT2D eigenvalue weighted by atomic mass is 9.94. The summed E-state index contributed by atoms with van der Waals surface area (Å²) in [6.45, 7) is 0.398. The summed E-state index contributed by atoms with van der Waals surface area (Å²) in [5.74, 6) is -1.72. The van der Waals surface area contributed by atoms with Crippen molar-refractivity contribution < 1.29 is 24.9 Å². The number of rotatable bonds is 2. The first-order chi connectivity index (χ1) is 9.99. The summed E-state index contributed by atoms with van der Waals surface area (Å²) < 4.78 is 0. The number of carbonyl (C=O) groups is 2. The van der Waals surface area contributed by atoms with Crippen LogP contribution in [0.5, 0.6) is 11.5 Å². The maximum Gasteiger partial charge on any atom is 0.326 e. The molecule has 0 radical (unpaired) electrons. The van der Waals surface area contributed by atoms with E-state index in [1.165, 1.54) is 23.1 Å². The number of aromatic hydroxyl groups is 2. The van der Waals surface area contributed by atoms with Crippen LogP contribution in [0.4, 0.5) is 0 Å². The Labute approximate surface area is 121 Å². The van der Waals surface area contributed by atoms with Gasteiger partial charge in [-0.1, -0.05) is 6.42 Å². The number of hydrogen-bond acceptors (Lipinski definition) is 4. The van der Waals surface area contributed by atoms with Gasteiger partial charge in [-0.25, -0.2) is 4.79 Å². The molecule has 112 valence electrons. The molecule has 3 rings (SSSR count). The number of amides is 1. The quantitative estimate of drug-likeness (QED) is 0.716. The molecule has 3 atom stereocenters. The summed E-state index contributed by atoms with van der Waals surface area (Å²) in [5, 5.41) is 28.7. The average molecular weight is 291 g/mol. The van der Waals surface area contributed by atoms with E-state index in [2.05, 4.69) is 0 Å². The number of benzene rings is 1. The third-order valence-electron chi connectivity index (χ3n) is 4.61. The van der Waals surface area contributed by atoms with Gasteiger partial charge in [-0.2, -0.15) is 0 Å². The Hall–Kier alpha value is -2.24. The van der Waals surface area contributed by atoms with Crippen LogP contribution in [0.25, 0.3) is 0 Å². The molecule has 1 saturated heterocycles. The molecule has 1 aromatic rings. The number of hydrogen-bond donors (Lipinski definition) is 3. The predicted molar refractivity (Wildman–Crippen MR) is 73.1 cm³/mol. The molecule has 0 aromatic heterocycles. The molecule has 3 unspecified atom stereocenters. The second-order valence-corrected chi connectivity index (χ2v) is 5.80. The van der Waals surface area contributed by atoms with E-state index in [0.717, 1.165) is 19.3 Å². The van der Waals surface area contributed by atoms with E-state index < -0.39 is 17.9 Å². The molecule has 1 aliphatic heterocycles. The smallest absolute Gasteiger partial charge is 0.326 e. The van der Waals surface area contributed by atoms with E-state index in [1.807, 2.05) is 0 Å². The molecule has 3 N–H and O–H groups in total. The number of aliphatic carboxylic acids is 1. The molecule has 1 heterocycles. The number of fused-ring (bicyclic) bond motifs is 1. The maximum atomic E-state index is 12.6. The first-order valence-corrected chi connectivity index (χ1v) is 7.05. The van der Waals surface area contributed by atoms with Crippen molar-refractivity contribution in [3.63, 3.8) is 0 Å². The Balaban J connectivity index is 1.93. The fourth-order valence-electron chi connectivity index (χ4n) is 3.68. The van der Waals surface area contributed by atoms with Gasteiger partial charge in [0, 0.05) is 6.54 Å². The third-order valence-corrected chi connectivity index (χ3v) is 4.61. The van der Waals surface area contributed by atoms with E-state index in [0.29, 0.717) is 6.54 Å². The van der Waals surface area contributed by atoms with E-state index >= 15 is 0 Å². The number of carboxylic acid groups (broad SMARTS) is 1. The number of carboxylic acids is 1. The van der Waals surface area contributed by atoms with Crippen LogP contribution in [0, 0.1) is 11.8 Å². The predicted octanol–water partition coefficient (Wildman–Crippen LogP) is 1.42. The third kappa shape index (κ3) is 2.20. The summed E-state index contributed by atoms with van der Waals surface area (Å²) >= 11 is 0. The summed E-state index contributed by atoms with van der Waals surface area (Å²) in [6.07, 6.45) is 2.75. The normalized spacial score (nSPS) is 27.6. The standard InChI is InChI=1S/C15H17NO5/c17-9-4-5-12(18)11(6-9)14(19)16-7-8-2-1-3-10(8)13(16)15(20)21/h4-6,8,10,13,17-18H,1-3,7H2,(H,20,21). The largest absolute Gasteiger partial charge is 0.508 e. The molecule has 2 fully saturated rings. The van der Waals surface area contributed by atoms with Gasteiger partial charge in [0.15, 0.2) is 0 Å². The lowest BCUT2D eigenvalue weighted by Crippen LogP contribution is -2.43. The van der Waals surface area contributed by atoms with Gasteiger partial charge in [-0.3, -0.25) is 4.79 Å². The summed E-state index contributed by atoms with van der Waals surface area (Å²) in [7, 11) is 0. The highest BCUT2D eigenvalue weighted by molar-refractivity contribution is 5.99. The van der Waals surface area contributed by atoms with E-state index in [4.69, 9.17) is 0 Å². The van der Waals surface area contributed by atoms with Crippen molar-refractivity contribution in [2.45, 2.75) is 25.3 Å². The van der Waals surface area contributed by atoms with E-state index in [-0.39, 0.29) is 28.9 Å². The topological polar surface area (TPSA) is 98.1 Å². The minimum Gasteiger partial charge on any atom is -0.508 e. The van der Waals surface area contributed by atoms with Crippen LogP contribution in [0.2, 0.25) is 0 Å². The summed E-state index contributed by atoms with van der Waals surface area (Å²) in [4.78, 5) is 25.4. The molecule has 6 heteroatoms. The molecule has 1 aromatic carbocycles. The van der Waals surface area contributed by atoms with E-state index in [1.54, 1.807) is 0 Å². The van der Waals surface area contributed by atoms with Gasteiger partial charge < -0.3 is 20.2 Å². The number of likely N-dealkylation sites (tertiary alicyclic amines) is 1. The van der Waals surface area contributed by atoms with Crippen molar-refractivity contribution in [1.29, 1.82) is 0 Å². The van der Waals surface area contributed by atoms with Crippen LogP contribution >= 0.6 is 0 Å². The SMILES string of the molecule is O=C(O)C1C2CCCC2CN1C(=O)c1cc(O)ccc1O. The van der Waals surface area contributed by atoms with Gasteiger partial charge >= 0.3 is 5.97 Å². The monoisotopic (exact) mass is 291 g/mol. The Morgan fingerprint density at radius 1 is 1.19 bits per heavy atom. The fourth-order valence-corrected chi connectivity index (χ4v) is 3.68. The summed E-state index contributed by atoms with van der Waals surface area (Å²) in [5.41, 5.74) is -0.0544. The number of phenols is 2. The molecule has 1 saturated carbocycles. The fraction of sp³-hybridized carbons (Fsp3) is 0.467. The zero-order valence-electron chi connectivity index (χ0n) is 11.4. The van der Waals surface area contributed by atoms with Crippen molar-refractivity contribution in [2.24, 2.45) is 11.8 Å². The van der Waals surface area contributed by atoms with Gasteiger partial charge in [0.05, 0.1) is 5.56 Å². The van der Waals surface area contributed by atoms with Crippen molar-refractivity contribution in [2.75, 3.05) is 6.54 Å². The van der Waals surface area contributed by atoms with Gasteiger partial charge in [-0.05, 0) is 42.9 Å². The maximum absolute atomic E-state index is 12.6. The Bertz CT molecular complexity index is 600. The molecular weight excluding hydrogens is 274 g/mol. The van der Waals surface area contributed by atoms with Gasteiger partial charge in [0.2, 0.25) is 0 Å². The van der Waals surface area contributed by atoms with Crippen molar-refractivity contribution in [1.82, 2.24) is 4.90 Å². The van der Waals surface area contributed by atoms with Crippen LogP contribution < -0.4 is 0 Å². The molecule has 21 heavy (non-hydrogen) atoms. The molecule has 6 nitrogen and oxygen atoms in total. The minimum absolute atomic E-state index is 0.00842. The highest BCUT2D eigenvalue weighted by atomic mass is 16.4. The zero-order valence-corrected chi connectivity index (χ0v) is 11.4. The lowest BCUT2D eigenvalue weighted by molar-refractivity contribution is -0.142. The molecule has 0 spiro atoms. The Morgan fingerprint density at radius 3 is 2.67 bits per heavy atom. The van der Waals surface area contributed by atoms with Gasteiger partial charge in [0.1, 0.15) is 17.5 Å². The first kappa shape index (κ1) is 13.7.